The van der Waals surface area contributed by atoms with Crippen LogP contribution in [0.3, 0.4) is 0 Å². The molecule has 0 atom stereocenters. The van der Waals surface area contributed by atoms with Crippen molar-refractivity contribution in [3.63, 3.8) is 0 Å². The maximum Gasteiger partial charge on any atom is 0.146 e. The number of hydrogen-bond acceptors (Lipinski definition) is 3. The zero-order chi connectivity index (χ0) is 13.0. The number of aryl methyl sites for hydroxylation is 2. The van der Waals surface area contributed by atoms with Gasteiger partial charge in [-0.05, 0) is 44.2 Å². The van der Waals surface area contributed by atoms with Crippen LogP contribution in [0.2, 0.25) is 0 Å². The van der Waals surface area contributed by atoms with E-state index in [1.54, 1.807) is 6.20 Å². The summed E-state index contributed by atoms with van der Waals surface area (Å²) in [5.74, 6) is 1.65. The molecule has 0 bridgehead atoms. The fourth-order valence-electron chi connectivity index (χ4n) is 1.86. The van der Waals surface area contributed by atoms with E-state index in [-0.39, 0.29) is 0 Å². The molecular weight excluding hydrogens is 224 g/mol. The second kappa shape index (κ2) is 5.65. The van der Waals surface area contributed by atoms with E-state index in [0.29, 0.717) is 0 Å². The molecule has 0 unspecified atom stereocenters. The minimum absolute atomic E-state index is 0.773. The second-order valence-electron chi connectivity index (χ2n) is 4.43. The third kappa shape index (κ3) is 3.08. The molecule has 1 heterocycles. The topological polar surface area (TPSA) is 34.2 Å². The molecular formula is C15H18N2O. The lowest BCUT2D eigenvalue weighted by molar-refractivity contribution is 0.475. The lowest BCUT2D eigenvalue weighted by Gasteiger charge is -2.10. The first-order chi connectivity index (χ1) is 8.69. The molecule has 0 amide bonds. The van der Waals surface area contributed by atoms with Crippen molar-refractivity contribution < 1.29 is 4.74 Å². The van der Waals surface area contributed by atoms with Gasteiger partial charge in [0, 0.05) is 12.7 Å². The zero-order valence-electron chi connectivity index (χ0n) is 11.0. The Bertz CT molecular complexity index is 538. The van der Waals surface area contributed by atoms with Crippen LogP contribution in [0.25, 0.3) is 0 Å². The lowest BCUT2D eigenvalue weighted by atomic mass is 10.1. The second-order valence-corrected chi connectivity index (χ2v) is 4.43. The molecule has 1 N–H and O–H groups in total. The Labute approximate surface area is 108 Å². The van der Waals surface area contributed by atoms with E-state index < -0.39 is 0 Å². The Morgan fingerprint density at radius 1 is 1.17 bits per heavy atom. The number of nitrogens with one attached hydrogen (secondary N) is 1. The van der Waals surface area contributed by atoms with E-state index in [1.807, 2.05) is 38.4 Å². The summed E-state index contributed by atoms with van der Waals surface area (Å²) in [5.41, 5.74) is 3.48. The van der Waals surface area contributed by atoms with E-state index >= 15 is 0 Å². The van der Waals surface area contributed by atoms with Gasteiger partial charge in [-0.1, -0.05) is 17.7 Å². The maximum atomic E-state index is 5.86. The van der Waals surface area contributed by atoms with Gasteiger partial charge in [0.05, 0.1) is 6.20 Å². The molecule has 0 aliphatic heterocycles. The van der Waals surface area contributed by atoms with Gasteiger partial charge in [-0.3, -0.25) is 4.98 Å². The number of ether oxygens (including phenoxy) is 1. The minimum Gasteiger partial charge on any atom is -0.455 e. The van der Waals surface area contributed by atoms with Crippen molar-refractivity contribution in [2.75, 3.05) is 7.05 Å². The SMILES string of the molecule is CNCc1cncc(Oc2ccc(C)cc2C)c1. The van der Waals surface area contributed by atoms with Gasteiger partial charge in [-0.15, -0.1) is 0 Å². The number of rotatable bonds is 4. The Morgan fingerprint density at radius 3 is 2.72 bits per heavy atom. The Kier molecular flexibility index (Phi) is 3.95. The van der Waals surface area contributed by atoms with E-state index in [4.69, 9.17) is 4.74 Å². The monoisotopic (exact) mass is 242 g/mol. The van der Waals surface area contributed by atoms with Crippen LogP contribution in [-0.4, -0.2) is 12.0 Å². The van der Waals surface area contributed by atoms with Crippen LogP contribution in [0.4, 0.5) is 0 Å². The third-order valence-corrected chi connectivity index (χ3v) is 2.71. The predicted molar refractivity (Wildman–Crippen MR) is 73.0 cm³/mol. The summed E-state index contributed by atoms with van der Waals surface area (Å²) in [7, 11) is 1.91. The van der Waals surface area contributed by atoms with Gasteiger partial charge in [0.15, 0.2) is 0 Å². The molecule has 1 aromatic carbocycles. The zero-order valence-corrected chi connectivity index (χ0v) is 11.0. The number of pyridine rings is 1. The molecule has 3 nitrogen and oxygen atoms in total. The molecule has 2 aromatic rings. The molecule has 0 radical (unpaired) electrons. The van der Waals surface area contributed by atoms with E-state index in [1.165, 1.54) is 5.56 Å². The van der Waals surface area contributed by atoms with Gasteiger partial charge in [0.25, 0.3) is 0 Å². The fourth-order valence-corrected chi connectivity index (χ4v) is 1.86. The highest BCUT2D eigenvalue weighted by Crippen LogP contribution is 2.25. The van der Waals surface area contributed by atoms with Crippen molar-refractivity contribution in [2.45, 2.75) is 20.4 Å². The van der Waals surface area contributed by atoms with Gasteiger partial charge in [0.1, 0.15) is 11.5 Å². The summed E-state index contributed by atoms with van der Waals surface area (Å²) in [4.78, 5) is 4.18. The summed E-state index contributed by atoms with van der Waals surface area (Å²) < 4.78 is 5.86. The first-order valence-electron chi connectivity index (χ1n) is 6.02. The van der Waals surface area contributed by atoms with Crippen LogP contribution in [0.15, 0.2) is 36.7 Å². The highest BCUT2D eigenvalue weighted by molar-refractivity contribution is 5.39. The first kappa shape index (κ1) is 12.6. The molecule has 0 aliphatic carbocycles. The van der Waals surface area contributed by atoms with Crippen molar-refractivity contribution >= 4 is 0 Å². The number of aromatic nitrogens is 1. The quantitative estimate of drug-likeness (QED) is 0.894. The van der Waals surface area contributed by atoms with Crippen LogP contribution in [-0.2, 0) is 6.54 Å². The highest BCUT2D eigenvalue weighted by Gasteiger charge is 2.03. The highest BCUT2D eigenvalue weighted by atomic mass is 16.5. The van der Waals surface area contributed by atoms with Gasteiger partial charge in [-0.2, -0.15) is 0 Å². The normalized spacial score (nSPS) is 10.4. The largest absolute Gasteiger partial charge is 0.455 e. The summed E-state index contributed by atoms with van der Waals surface area (Å²) in [6.07, 6.45) is 3.57. The Morgan fingerprint density at radius 2 is 2.00 bits per heavy atom. The minimum atomic E-state index is 0.773. The smallest absolute Gasteiger partial charge is 0.146 e. The number of hydrogen-bond donors (Lipinski definition) is 1. The molecule has 0 spiro atoms. The molecule has 0 saturated heterocycles. The van der Waals surface area contributed by atoms with Crippen molar-refractivity contribution in [2.24, 2.45) is 0 Å². The molecule has 3 heteroatoms. The number of nitrogens with zero attached hydrogens (tertiary/aromatic N) is 1. The molecule has 2 rings (SSSR count). The molecule has 0 saturated carbocycles. The average molecular weight is 242 g/mol. The van der Waals surface area contributed by atoms with Crippen LogP contribution in [0.5, 0.6) is 11.5 Å². The van der Waals surface area contributed by atoms with Crippen molar-refractivity contribution in [1.29, 1.82) is 0 Å². The van der Waals surface area contributed by atoms with Gasteiger partial charge >= 0.3 is 0 Å². The predicted octanol–water partition coefficient (Wildman–Crippen LogP) is 3.21. The standard InChI is InChI=1S/C15H18N2O/c1-11-4-5-15(12(2)6-11)18-14-7-13(8-16-3)9-17-10-14/h4-7,9-10,16H,8H2,1-3H3. The van der Waals surface area contributed by atoms with Crippen LogP contribution in [0, 0.1) is 13.8 Å². The van der Waals surface area contributed by atoms with Crippen LogP contribution >= 0.6 is 0 Å². The first-order valence-corrected chi connectivity index (χ1v) is 6.02. The van der Waals surface area contributed by atoms with Crippen LogP contribution < -0.4 is 10.1 Å². The van der Waals surface area contributed by atoms with Crippen LogP contribution in [0.1, 0.15) is 16.7 Å². The fraction of sp³-hybridized carbons (Fsp3) is 0.267. The Hall–Kier alpha value is -1.87. The summed E-state index contributed by atoms with van der Waals surface area (Å²) >= 11 is 0. The van der Waals surface area contributed by atoms with Gasteiger partial charge in [-0.25, -0.2) is 0 Å². The average Bonchev–Trinajstić information content (AvgIpc) is 2.34. The molecule has 0 fully saturated rings. The summed E-state index contributed by atoms with van der Waals surface area (Å²) in [6, 6.07) is 8.16. The summed E-state index contributed by atoms with van der Waals surface area (Å²) in [6.45, 7) is 4.91. The van der Waals surface area contributed by atoms with Gasteiger partial charge < -0.3 is 10.1 Å². The Balaban J connectivity index is 2.20. The molecule has 0 aliphatic rings. The lowest BCUT2D eigenvalue weighted by Crippen LogP contribution is -2.05. The van der Waals surface area contributed by atoms with E-state index in [2.05, 4.69) is 23.3 Å². The molecule has 1 aromatic heterocycles. The molecule has 94 valence electrons. The maximum absolute atomic E-state index is 5.86. The third-order valence-electron chi connectivity index (χ3n) is 2.71. The molecule has 18 heavy (non-hydrogen) atoms. The number of benzene rings is 1. The van der Waals surface area contributed by atoms with E-state index in [9.17, 15) is 0 Å². The van der Waals surface area contributed by atoms with Gasteiger partial charge in [0.2, 0.25) is 0 Å². The van der Waals surface area contributed by atoms with E-state index in [0.717, 1.165) is 29.2 Å². The van der Waals surface area contributed by atoms with Crippen molar-refractivity contribution in [3.8, 4) is 11.5 Å². The summed E-state index contributed by atoms with van der Waals surface area (Å²) in [5, 5.41) is 3.10. The van der Waals surface area contributed by atoms with Crippen molar-refractivity contribution in [3.05, 3.63) is 53.3 Å². The van der Waals surface area contributed by atoms with Crippen molar-refractivity contribution in [1.82, 2.24) is 10.3 Å².